The molecule has 1 fully saturated rings. The number of hydrogen-bond acceptors (Lipinski definition) is 6. The Morgan fingerprint density at radius 3 is 2.47 bits per heavy atom. The van der Waals surface area contributed by atoms with Crippen LogP contribution in [0.2, 0.25) is 0 Å². The minimum atomic E-state index is -4.53. The van der Waals surface area contributed by atoms with Crippen LogP contribution in [0.4, 0.5) is 24.8 Å². The molecule has 34 heavy (non-hydrogen) atoms. The highest BCUT2D eigenvalue weighted by molar-refractivity contribution is 8.00. The molecule has 3 aromatic rings. The van der Waals surface area contributed by atoms with Gasteiger partial charge < -0.3 is 15.1 Å². The molecule has 0 unspecified atom stereocenters. The number of anilines is 2. The summed E-state index contributed by atoms with van der Waals surface area (Å²) in [5.74, 6) is 0.0685. The van der Waals surface area contributed by atoms with Gasteiger partial charge >= 0.3 is 12.1 Å². The van der Waals surface area contributed by atoms with Crippen LogP contribution in [0.25, 0.3) is 11.3 Å². The average Bonchev–Trinajstić information content (AvgIpc) is 2.76. The van der Waals surface area contributed by atoms with Crippen LogP contribution >= 0.6 is 11.9 Å². The number of carboxylic acids is 1. The molecular formula is C24H23F3N4O2S. The Hall–Kier alpha value is -3.27. The van der Waals surface area contributed by atoms with E-state index >= 15 is 0 Å². The van der Waals surface area contributed by atoms with E-state index < -0.39 is 23.1 Å². The van der Waals surface area contributed by atoms with Crippen LogP contribution in [0.15, 0.2) is 59.6 Å². The first-order valence-corrected chi connectivity index (χ1v) is 11.4. The fraction of sp³-hybridized carbons (Fsp3) is 0.292. The number of benzene rings is 1. The summed E-state index contributed by atoms with van der Waals surface area (Å²) in [5.41, 5.74) is -0.529. The smallest absolute Gasteiger partial charge is 0.418 e. The van der Waals surface area contributed by atoms with E-state index in [4.69, 9.17) is 0 Å². The summed E-state index contributed by atoms with van der Waals surface area (Å²) in [5, 5.41) is 13.1. The number of aliphatic carboxylic acids is 1. The number of halogens is 3. The van der Waals surface area contributed by atoms with Gasteiger partial charge in [-0.3, -0.25) is 4.79 Å². The molecule has 178 valence electrons. The van der Waals surface area contributed by atoms with Crippen LogP contribution in [0.3, 0.4) is 0 Å². The lowest BCUT2D eigenvalue weighted by atomic mass is 9.67. The van der Waals surface area contributed by atoms with Gasteiger partial charge in [-0.15, -0.1) is 0 Å². The number of rotatable bonds is 7. The van der Waals surface area contributed by atoms with E-state index in [1.807, 2.05) is 0 Å². The van der Waals surface area contributed by atoms with E-state index in [9.17, 15) is 23.1 Å². The summed E-state index contributed by atoms with van der Waals surface area (Å²) in [4.78, 5) is 20.0. The monoisotopic (exact) mass is 488 g/mol. The Labute approximate surface area is 199 Å². The van der Waals surface area contributed by atoms with E-state index in [-0.39, 0.29) is 17.6 Å². The normalized spacial score (nSPS) is 19.9. The molecule has 0 bridgehead atoms. The second-order valence-electron chi connectivity index (χ2n) is 8.59. The van der Waals surface area contributed by atoms with E-state index in [2.05, 4.69) is 20.0 Å². The van der Waals surface area contributed by atoms with Crippen LogP contribution in [0.5, 0.6) is 0 Å². The van der Waals surface area contributed by atoms with Gasteiger partial charge in [0.25, 0.3) is 0 Å². The van der Waals surface area contributed by atoms with Crippen molar-refractivity contribution in [1.82, 2.24) is 9.97 Å². The lowest BCUT2D eigenvalue weighted by molar-refractivity contribution is -0.153. The second-order valence-corrected chi connectivity index (χ2v) is 9.41. The zero-order valence-corrected chi connectivity index (χ0v) is 19.3. The number of alkyl halides is 3. The van der Waals surface area contributed by atoms with Gasteiger partial charge in [-0.2, -0.15) is 13.2 Å². The molecule has 1 saturated carbocycles. The third-order valence-corrected chi connectivity index (χ3v) is 6.59. The predicted molar refractivity (Wildman–Crippen MR) is 126 cm³/mol. The number of carboxylic acid groups (broad SMARTS) is 1. The topological polar surface area (TPSA) is 87.1 Å². The molecule has 2 aromatic heterocycles. The van der Waals surface area contributed by atoms with Gasteiger partial charge in [-0.1, -0.05) is 30.3 Å². The van der Waals surface area contributed by atoms with Crippen molar-refractivity contribution >= 4 is 29.6 Å². The van der Waals surface area contributed by atoms with Gasteiger partial charge in [0.2, 0.25) is 0 Å². The van der Waals surface area contributed by atoms with Gasteiger partial charge in [-0.25, -0.2) is 9.97 Å². The predicted octanol–water partition coefficient (Wildman–Crippen LogP) is 6.26. The Balaban J connectivity index is 1.48. The largest absolute Gasteiger partial charge is 0.481 e. The fourth-order valence-corrected chi connectivity index (χ4v) is 4.57. The van der Waals surface area contributed by atoms with Crippen molar-refractivity contribution in [2.45, 2.75) is 43.9 Å². The molecule has 2 heterocycles. The number of aromatic nitrogens is 2. The number of hydrogen-bond donors (Lipinski definition) is 3. The summed E-state index contributed by atoms with van der Waals surface area (Å²) < 4.78 is 43.8. The third-order valence-electron chi connectivity index (χ3n) is 5.85. The molecule has 10 heteroatoms. The maximum atomic E-state index is 13.6. The molecule has 0 radical (unpaired) electrons. The Bertz CT molecular complexity index is 1210. The summed E-state index contributed by atoms with van der Waals surface area (Å²) in [6, 6.07) is 14.5. The van der Waals surface area contributed by atoms with Gasteiger partial charge in [0.05, 0.1) is 16.7 Å². The number of nitrogens with zero attached hydrogens (tertiary/aromatic N) is 2. The zero-order valence-electron chi connectivity index (χ0n) is 18.5. The minimum Gasteiger partial charge on any atom is -0.481 e. The molecule has 4 rings (SSSR count). The van der Waals surface area contributed by atoms with Crippen molar-refractivity contribution in [3.63, 3.8) is 0 Å². The molecule has 6 nitrogen and oxygen atoms in total. The molecule has 0 atom stereocenters. The second kappa shape index (κ2) is 9.17. The number of nitrogens with one attached hydrogen (secondary N) is 2. The highest BCUT2D eigenvalue weighted by Crippen LogP contribution is 2.42. The van der Waals surface area contributed by atoms with Crippen LogP contribution in [0, 0.1) is 12.3 Å². The maximum Gasteiger partial charge on any atom is 0.418 e. The first-order valence-electron chi connectivity index (χ1n) is 10.6. The first-order chi connectivity index (χ1) is 16.0. The molecule has 1 aliphatic rings. The van der Waals surface area contributed by atoms with Gasteiger partial charge in [0.15, 0.2) is 0 Å². The van der Waals surface area contributed by atoms with Crippen LogP contribution < -0.4 is 10.0 Å². The number of aryl methyl sites for hydroxylation is 1. The molecular weight excluding hydrogens is 465 g/mol. The fourth-order valence-electron chi connectivity index (χ4n) is 3.96. The van der Waals surface area contributed by atoms with Crippen molar-refractivity contribution in [2.24, 2.45) is 5.41 Å². The van der Waals surface area contributed by atoms with Crippen LogP contribution in [-0.2, 0) is 11.0 Å². The lowest BCUT2D eigenvalue weighted by Crippen LogP contribution is -2.48. The van der Waals surface area contributed by atoms with Gasteiger partial charge in [0, 0.05) is 23.6 Å². The first kappa shape index (κ1) is 23.9. The molecule has 1 aliphatic carbocycles. The van der Waals surface area contributed by atoms with Gasteiger partial charge in [-0.05, 0) is 56.5 Å². The summed E-state index contributed by atoms with van der Waals surface area (Å²) in [7, 11) is 0. The van der Waals surface area contributed by atoms with Crippen LogP contribution in [-0.4, -0.2) is 27.1 Å². The molecule has 0 saturated heterocycles. The van der Waals surface area contributed by atoms with E-state index in [1.165, 1.54) is 6.07 Å². The third kappa shape index (κ3) is 5.11. The number of carbonyl (C=O) groups is 1. The Morgan fingerprint density at radius 1 is 1.06 bits per heavy atom. The maximum absolute atomic E-state index is 13.6. The molecule has 0 spiro atoms. The van der Waals surface area contributed by atoms with Crippen molar-refractivity contribution in [3.8, 4) is 11.3 Å². The summed E-state index contributed by atoms with van der Waals surface area (Å²) in [6.07, 6.45) is -3.51. The average molecular weight is 489 g/mol. The standard InChI is InChI=1S/C24H23F3N4O2S/c1-14-6-3-4-7-16(14)21-17(24(25,26)27)10-11-19(30-21)31-34-20-9-5-8-18(29-20)28-15-12-23(2,13-15)22(32)33/h3-11,15H,12-13H2,1-2H3,(H,28,29)(H,30,31)(H,32,33). The Kier molecular flexibility index (Phi) is 6.44. The molecule has 0 aliphatic heterocycles. The van der Waals surface area contributed by atoms with Crippen molar-refractivity contribution in [1.29, 1.82) is 0 Å². The SMILES string of the molecule is Cc1ccccc1-c1nc(NSc2cccc(NC3CC(C)(C(=O)O)C3)n2)ccc1C(F)(F)F. The Morgan fingerprint density at radius 2 is 1.79 bits per heavy atom. The highest BCUT2D eigenvalue weighted by Gasteiger charge is 2.46. The molecule has 3 N–H and O–H groups in total. The van der Waals surface area contributed by atoms with E-state index in [0.717, 1.165) is 18.0 Å². The highest BCUT2D eigenvalue weighted by atomic mass is 32.2. The lowest BCUT2D eigenvalue weighted by Gasteiger charge is -2.42. The number of pyridine rings is 2. The zero-order chi connectivity index (χ0) is 24.5. The van der Waals surface area contributed by atoms with Crippen LogP contribution in [0.1, 0.15) is 30.9 Å². The quantitative estimate of drug-likeness (QED) is 0.339. The molecule has 0 amide bonds. The van der Waals surface area contributed by atoms with Crippen molar-refractivity contribution < 1.29 is 23.1 Å². The minimum absolute atomic E-state index is 0.0232. The summed E-state index contributed by atoms with van der Waals surface area (Å²) >= 11 is 1.13. The van der Waals surface area contributed by atoms with Crippen molar-refractivity contribution in [2.75, 3.05) is 10.0 Å². The van der Waals surface area contributed by atoms with E-state index in [0.29, 0.717) is 34.8 Å². The summed E-state index contributed by atoms with van der Waals surface area (Å²) in [6.45, 7) is 3.47. The van der Waals surface area contributed by atoms with E-state index in [1.54, 1.807) is 56.3 Å². The van der Waals surface area contributed by atoms with Gasteiger partial charge in [0.1, 0.15) is 16.7 Å². The molecule has 1 aromatic carbocycles. The van der Waals surface area contributed by atoms with Crippen molar-refractivity contribution in [3.05, 3.63) is 65.7 Å².